The first kappa shape index (κ1) is 17.4. The maximum atomic E-state index is 13.0. The summed E-state index contributed by atoms with van der Waals surface area (Å²) in [4.78, 5) is 21.1. The Morgan fingerprint density at radius 2 is 1.82 bits per heavy atom. The van der Waals surface area contributed by atoms with Gasteiger partial charge in [-0.05, 0) is 29.3 Å². The maximum Gasteiger partial charge on any atom is 0.274 e. The van der Waals surface area contributed by atoms with Gasteiger partial charge in [0.05, 0.1) is 33.7 Å². The summed E-state index contributed by atoms with van der Waals surface area (Å²) in [6.45, 7) is 0. The molecule has 0 aliphatic carbocycles. The number of pyridine rings is 2. The SMILES string of the molecule is N#CC1=C(N)n2c(s/c(=C\c3cccnc3)c2=O)=C(C#N)[C@H]1c1cccnc1. The van der Waals surface area contributed by atoms with Crippen LogP contribution in [0.5, 0.6) is 0 Å². The highest BCUT2D eigenvalue weighted by molar-refractivity contribution is 7.07. The number of thiazole rings is 1. The molecule has 8 heteroatoms. The van der Waals surface area contributed by atoms with E-state index >= 15 is 0 Å². The number of hydrogen-bond acceptors (Lipinski definition) is 7. The molecule has 3 aromatic rings. The molecule has 0 unspecified atom stereocenters. The van der Waals surface area contributed by atoms with Gasteiger partial charge in [-0.3, -0.25) is 19.3 Å². The fraction of sp³-hybridized carbons (Fsp3) is 0.0500. The molecule has 4 heterocycles. The summed E-state index contributed by atoms with van der Waals surface area (Å²) < 4.78 is 2.08. The topological polar surface area (TPSA) is 121 Å². The van der Waals surface area contributed by atoms with E-state index < -0.39 is 5.92 Å². The van der Waals surface area contributed by atoms with Crippen LogP contribution in [0.4, 0.5) is 0 Å². The van der Waals surface area contributed by atoms with E-state index in [1.165, 1.54) is 15.9 Å². The number of aromatic nitrogens is 3. The number of hydrogen-bond donors (Lipinski definition) is 1. The van der Waals surface area contributed by atoms with Crippen molar-refractivity contribution in [1.82, 2.24) is 14.5 Å². The Morgan fingerprint density at radius 1 is 1.11 bits per heavy atom. The van der Waals surface area contributed by atoms with Gasteiger partial charge < -0.3 is 5.73 Å². The monoisotopic (exact) mass is 384 g/mol. The van der Waals surface area contributed by atoms with Crippen LogP contribution in [0.1, 0.15) is 17.0 Å². The molecular formula is C20H12N6OS. The third-order valence-corrected chi connectivity index (χ3v) is 5.50. The van der Waals surface area contributed by atoms with Crippen molar-refractivity contribution in [2.45, 2.75) is 5.92 Å². The third-order valence-electron chi connectivity index (χ3n) is 4.39. The summed E-state index contributed by atoms with van der Waals surface area (Å²) in [5.74, 6) is -0.620. The second kappa shape index (κ2) is 6.95. The molecule has 3 aromatic heterocycles. The molecule has 0 aromatic carbocycles. The first-order valence-electron chi connectivity index (χ1n) is 8.23. The van der Waals surface area contributed by atoms with E-state index in [0.29, 0.717) is 20.3 Å². The van der Waals surface area contributed by atoms with E-state index in [4.69, 9.17) is 5.73 Å². The zero-order valence-corrected chi connectivity index (χ0v) is 15.2. The van der Waals surface area contributed by atoms with Gasteiger partial charge in [0, 0.05) is 24.8 Å². The maximum absolute atomic E-state index is 13.0. The van der Waals surface area contributed by atoms with Crippen molar-refractivity contribution in [2.75, 3.05) is 0 Å². The summed E-state index contributed by atoms with van der Waals surface area (Å²) in [6.07, 6.45) is 8.18. The van der Waals surface area contributed by atoms with E-state index in [0.717, 1.165) is 5.56 Å². The smallest absolute Gasteiger partial charge is 0.274 e. The molecule has 0 radical (unpaired) electrons. The Bertz CT molecular complexity index is 1350. The molecule has 1 aliphatic rings. The van der Waals surface area contributed by atoms with Crippen LogP contribution in [0.25, 0.3) is 17.5 Å². The van der Waals surface area contributed by atoms with Crippen LogP contribution in [0.15, 0.2) is 59.4 Å². The lowest BCUT2D eigenvalue weighted by Crippen LogP contribution is -2.38. The molecule has 4 rings (SSSR count). The number of nitrogens with zero attached hydrogens (tertiary/aromatic N) is 5. The van der Waals surface area contributed by atoms with Crippen LogP contribution in [-0.4, -0.2) is 14.5 Å². The Hall–Kier alpha value is -4.01. The Labute approximate surface area is 163 Å². The molecule has 0 bridgehead atoms. The van der Waals surface area contributed by atoms with Gasteiger partial charge in [0.15, 0.2) is 0 Å². The van der Waals surface area contributed by atoms with E-state index in [9.17, 15) is 15.3 Å². The van der Waals surface area contributed by atoms with E-state index in [2.05, 4.69) is 22.1 Å². The lowest BCUT2D eigenvalue weighted by molar-refractivity contribution is 0.902. The van der Waals surface area contributed by atoms with Crippen molar-refractivity contribution in [2.24, 2.45) is 5.73 Å². The molecule has 134 valence electrons. The number of allylic oxidation sites excluding steroid dienone is 1. The molecule has 0 spiro atoms. The summed E-state index contributed by atoms with van der Waals surface area (Å²) >= 11 is 1.17. The van der Waals surface area contributed by atoms with Gasteiger partial charge in [0.25, 0.3) is 5.56 Å². The largest absolute Gasteiger partial charge is 0.384 e. The lowest BCUT2D eigenvalue weighted by Gasteiger charge is -2.21. The molecule has 7 nitrogen and oxygen atoms in total. The zero-order chi connectivity index (χ0) is 19.7. The van der Waals surface area contributed by atoms with Gasteiger partial charge in [-0.15, -0.1) is 11.3 Å². The minimum Gasteiger partial charge on any atom is -0.384 e. The predicted octanol–water partition coefficient (Wildman–Crippen LogP) is 0.651. The lowest BCUT2D eigenvalue weighted by atomic mass is 9.85. The van der Waals surface area contributed by atoms with E-state index in [1.807, 2.05) is 6.07 Å². The molecule has 2 N–H and O–H groups in total. The van der Waals surface area contributed by atoms with Gasteiger partial charge >= 0.3 is 0 Å². The van der Waals surface area contributed by atoms with Crippen molar-refractivity contribution >= 4 is 28.8 Å². The number of nitrogens with two attached hydrogens (primary N) is 1. The first-order chi connectivity index (χ1) is 13.7. The zero-order valence-electron chi connectivity index (χ0n) is 14.4. The Kier molecular flexibility index (Phi) is 4.32. The van der Waals surface area contributed by atoms with Crippen LogP contribution in [0.2, 0.25) is 0 Å². The normalized spacial score (nSPS) is 16.4. The minimum atomic E-state index is -0.659. The van der Waals surface area contributed by atoms with Crippen LogP contribution in [0.3, 0.4) is 0 Å². The number of rotatable bonds is 2. The fourth-order valence-corrected chi connectivity index (χ4v) is 4.27. The van der Waals surface area contributed by atoms with E-state index in [1.54, 1.807) is 49.1 Å². The van der Waals surface area contributed by atoms with Gasteiger partial charge in [-0.25, -0.2) is 0 Å². The highest BCUT2D eigenvalue weighted by Crippen LogP contribution is 2.34. The van der Waals surface area contributed by atoms with Crippen LogP contribution in [0, 0.1) is 22.7 Å². The van der Waals surface area contributed by atoms with Gasteiger partial charge in [0.2, 0.25) is 0 Å². The second-order valence-corrected chi connectivity index (χ2v) is 7.03. The minimum absolute atomic E-state index is 0.0393. The van der Waals surface area contributed by atoms with Crippen molar-refractivity contribution in [1.29, 1.82) is 10.5 Å². The fourth-order valence-electron chi connectivity index (χ4n) is 3.14. The first-order valence-corrected chi connectivity index (χ1v) is 9.05. The second-order valence-electron chi connectivity index (χ2n) is 6.00. The van der Waals surface area contributed by atoms with Crippen molar-refractivity contribution in [3.8, 4) is 12.1 Å². The molecule has 0 saturated carbocycles. The van der Waals surface area contributed by atoms with Crippen molar-refractivity contribution < 1.29 is 0 Å². The summed E-state index contributed by atoms with van der Waals surface area (Å²) in [5.41, 5.74) is 7.72. The molecule has 1 atom stereocenters. The summed E-state index contributed by atoms with van der Waals surface area (Å²) in [7, 11) is 0. The van der Waals surface area contributed by atoms with Crippen molar-refractivity contribution in [3.05, 3.63) is 85.3 Å². The van der Waals surface area contributed by atoms with E-state index in [-0.39, 0.29) is 17.0 Å². The van der Waals surface area contributed by atoms with Gasteiger partial charge in [0.1, 0.15) is 10.5 Å². The van der Waals surface area contributed by atoms with Gasteiger partial charge in [-0.2, -0.15) is 10.5 Å². The van der Waals surface area contributed by atoms with Gasteiger partial charge in [-0.1, -0.05) is 12.1 Å². The van der Waals surface area contributed by atoms with Crippen LogP contribution >= 0.6 is 11.3 Å². The number of nitriles is 2. The molecule has 28 heavy (non-hydrogen) atoms. The third kappa shape index (κ3) is 2.69. The Balaban J connectivity index is 2.08. The average molecular weight is 384 g/mol. The molecular weight excluding hydrogens is 372 g/mol. The Morgan fingerprint density at radius 3 is 2.43 bits per heavy atom. The highest BCUT2D eigenvalue weighted by atomic mass is 32.1. The predicted molar refractivity (Wildman–Crippen MR) is 105 cm³/mol. The average Bonchev–Trinajstić information content (AvgIpc) is 3.05. The molecule has 0 amide bonds. The molecule has 0 saturated heterocycles. The molecule has 0 fully saturated rings. The van der Waals surface area contributed by atoms with Crippen molar-refractivity contribution in [3.63, 3.8) is 0 Å². The summed E-state index contributed by atoms with van der Waals surface area (Å²) in [6, 6.07) is 11.3. The standard InChI is InChI=1S/C20H12N6OS/c21-8-14-17(13-4-2-6-25-11-13)15(9-22)20-26(18(14)23)19(27)16(28-20)7-12-3-1-5-24-10-12/h1-7,10-11,17H,23H2/b16-7-/t17-/m0/s1. The van der Waals surface area contributed by atoms with Crippen LogP contribution < -0.4 is 20.5 Å². The summed E-state index contributed by atoms with van der Waals surface area (Å²) in [5, 5.41) is 19.6. The van der Waals surface area contributed by atoms with Crippen LogP contribution in [-0.2, 0) is 0 Å². The quantitative estimate of drug-likeness (QED) is 0.692. The number of fused-ring (bicyclic) bond motifs is 1. The molecule has 1 aliphatic heterocycles. The highest BCUT2D eigenvalue weighted by Gasteiger charge is 2.32.